The maximum Gasteiger partial charge on any atom is 0.309 e. The number of anilines is 1. The Morgan fingerprint density at radius 3 is 2.19 bits per heavy atom. The molecule has 0 unspecified atom stereocenters. The fourth-order valence-electron chi connectivity index (χ4n) is 3.62. The van der Waals surface area contributed by atoms with E-state index in [1.165, 1.54) is 26.4 Å². The number of methoxy groups -OCH3 is 2. The molecule has 0 spiro atoms. The van der Waals surface area contributed by atoms with Gasteiger partial charge < -0.3 is 29.4 Å². The zero-order valence-electron chi connectivity index (χ0n) is 18.3. The van der Waals surface area contributed by atoms with Crippen molar-refractivity contribution in [2.75, 3.05) is 58.4 Å². The van der Waals surface area contributed by atoms with E-state index >= 15 is 0 Å². The molecule has 1 aliphatic heterocycles. The summed E-state index contributed by atoms with van der Waals surface area (Å²) >= 11 is 0. The maximum atomic E-state index is 13.2. The predicted molar refractivity (Wildman–Crippen MR) is 115 cm³/mol. The molecule has 174 valence electrons. The topological polar surface area (TPSA) is 96.3 Å². The Balaban J connectivity index is 1.55. The lowest BCUT2D eigenvalue weighted by atomic mass is 10.1. The molecule has 0 saturated carbocycles. The molecule has 1 saturated heterocycles. The fourth-order valence-corrected chi connectivity index (χ4v) is 3.62. The van der Waals surface area contributed by atoms with Gasteiger partial charge in [0.05, 0.1) is 18.8 Å². The second kappa shape index (κ2) is 11.6. The minimum absolute atomic E-state index is 0.0617. The normalized spacial score (nSPS) is 15.6. The van der Waals surface area contributed by atoms with E-state index in [2.05, 4.69) is 20.4 Å². The Hall–Kier alpha value is -2.95. The predicted octanol–water partition coefficient (Wildman–Crippen LogP) is 1.13. The highest BCUT2D eigenvalue weighted by atomic mass is 19.1. The summed E-state index contributed by atoms with van der Waals surface area (Å²) in [7, 11) is 2.90. The number of nitrogens with one attached hydrogen (secondary N) is 2. The van der Waals surface area contributed by atoms with Crippen molar-refractivity contribution in [3.63, 3.8) is 0 Å². The van der Waals surface area contributed by atoms with Gasteiger partial charge in [0.25, 0.3) is 0 Å². The summed E-state index contributed by atoms with van der Waals surface area (Å²) in [5.41, 5.74) is 0.969. The number of nitrogens with zero attached hydrogens (tertiary/aromatic N) is 2. The first kappa shape index (κ1) is 23.7. The molecule has 9 nitrogen and oxygen atoms in total. The number of hydrogen-bond donors (Lipinski definition) is 2. The van der Waals surface area contributed by atoms with Crippen LogP contribution in [0.15, 0.2) is 47.1 Å². The van der Waals surface area contributed by atoms with Crippen LogP contribution in [0.4, 0.5) is 10.1 Å². The number of benzene rings is 1. The molecule has 3 rings (SSSR count). The second-order valence-corrected chi connectivity index (χ2v) is 7.35. The van der Waals surface area contributed by atoms with Crippen LogP contribution in [0.2, 0.25) is 0 Å². The monoisotopic (exact) mass is 448 g/mol. The van der Waals surface area contributed by atoms with Crippen LogP contribution in [0, 0.1) is 5.82 Å². The Bertz CT molecular complexity index is 850. The van der Waals surface area contributed by atoms with Crippen molar-refractivity contribution in [3.05, 3.63) is 54.2 Å². The molecule has 1 aliphatic rings. The molecule has 0 bridgehead atoms. The number of hydrogen-bond acceptors (Lipinski definition) is 7. The van der Waals surface area contributed by atoms with E-state index in [4.69, 9.17) is 13.9 Å². The average Bonchev–Trinajstić information content (AvgIpc) is 3.35. The molecular weight excluding hydrogens is 419 g/mol. The van der Waals surface area contributed by atoms with Gasteiger partial charge in [-0.05, 0) is 36.4 Å². The molecule has 10 heteroatoms. The number of ether oxygens (including phenoxy) is 2. The van der Waals surface area contributed by atoms with Gasteiger partial charge >= 0.3 is 11.8 Å². The van der Waals surface area contributed by atoms with Crippen LogP contribution in [-0.4, -0.2) is 76.5 Å². The van der Waals surface area contributed by atoms with Crippen LogP contribution in [0.5, 0.6) is 0 Å². The van der Waals surface area contributed by atoms with E-state index in [0.29, 0.717) is 18.8 Å². The van der Waals surface area contributed by atoms with Gasteiger partial charge in [-0.1, -0.05) is 0 Å². The molecule has 32 heavy (non-hydrogen) atoms. The third kappa shape index (κ3) is 6.28. The van der Waals surface area contributed by atoms with Crippen molar-refractivity contribution in [3.8, 4) is 0 Å². The van der Waals surface area contributed by atoms with Crippen molar-refractivity contribution in [2.45, 2.75) is 12.3 Å². The van der Waals surface area contributed by atoms with E-state index in [9.17, 15) is 14.0 Å². The number of carbonyl (C=O) groups excluding carboxylic acids is 2. The van der Waals surface area contributed by atoms with Crippen molar-refractivity contribution in [1.82, 2.24) is 15.5 Å². The lowest BCUT2D eigenvalue weighted by Crippen LogP contribution is -2.51. The van der Waals surface area contributed by atoms with Crippen LogP contribution < -0.4 is 15.5 Å². The Morgan fingerprint density at radius 2 is 1.62 bits per heavy atom. The first-order valence-corrected chi connectivity index (χ1v) is 10.4. The summed E-state index contributed by atoms with van der Waals surface area (Å²) in [6.07, 6.45) is 0.960. The van der Waals surface area contributed by atoms with Crippen molar-refractivity contribution in [2.24, 2.45) is 0 Å². The molecule has 2 N–H and O–H groups in total. The zero-order chi connectivity index (χ0) is 22.9. The standard InChI is InChI=1S/C22H29FN4O5/c1-30-20(31-2)15-25-22(29)21(28)24-14-18(19-4-3-13-32-19)27-11-9-26(10-12-27)17-7-5-16(23)6-8-17/h3-8,13,18,20H,9-12,14-15H2,1-2H3,(H,24,28)(H,25,29)/t18-/m0/s1. The number of piperazine rings is 1. The smallest absolute Gasteiger partial charge is 0.309 e. The van der Waals surface area contributed by atoms with Crippen molar-refractivity contribution >= 4 is 17.5 Å². The fraction of sp³-hybridized carbons (Fsp3) is 0.455. The highest BCUT2D eigenvalue weighted by Gasteiger charge is 2.28. The minimum Gasteiger partial charge on any atom is -0.468 e. The van der Waals surface area contributed by atoms with E-state index in [1.54, 1.807) is 24.5 Å². The first-order chi connectivity index (χ1) is 15.5. The van der Waals surface area contributed by atoms with Gasteiger partial charge in [0.15, 0.2) is 6.29 Å². The average molecular weight is 448 g/mol. The maximum absolute atomic E-state index is 13.2. The molecule has 1 aromatic carbocycles. The Morgan fingerprint density at radius 1 is 1.00 bits per heavy atom. The van der Waals surface area contributed by atoms with E-state index in [1.807, 2.05) is 6.07 Å². The van der Waals surface area contributed by atoms with Crippen molar-refractivity contribution in [1.29, 1.82) is 0 Å². The number of halogens is 1. The summed E-state index contributed by atoms with van der Waals surface area (Å²) in [6, 6.07) is 9.87. The number of carbonyl (C=O) groups is 2. The number of furan rings is 1. The zero-order valence-corrected chi connectivity index (χ0v) is 18.3. The minimum atomic E-state index is -0.761. The van der Waals surface area contributed by atoms with Gasteiger partial charge in [-0.2, -0.15) is 0 Å². The molecule has 0 radical (unpaired) electrons. The van der Waals surface area contributed by atoms with Crippen LogP contribution in [0.3, 0.4) is 0 Å². The third-order valence-corrected chi connectivity index (χ3v) is 5.44. The number of amides is 2. The largest absolute Gasteiger partial charge is 0.468 e. The molecule has 1 atom stereocenters. The SMILES string of the molecule is COC(CNC(=O)C(=O)NC[C@@H](c1ccco1)N1CCN(c2ccc(F)cc2)CC1)OC. The van der Waals surface area contributed by atoms with Gasteiger partial charge in [0.2, 0.25) is 0 Å². The summed E-state index contributed by atoms with van der Waals surface area (Å²) in [5.74, 6) is -1.05. The van der Waals surface area contributed by atoms with E-state index < -0.39 is 18.1 Å². The van der Waals surface area contributed by atoms with Gasteiger partial charge in [0, 0.05) is 52.6 Å². The second-order valence-electron chi connectivity index (χ2n) is 7.35. The number of rotatable bonds is 9. The quantitative estimate of drug-likeness (QED) is 0.439. The highest BCUT2D eigenvalue weighted by molar-refractivity contribution is 6.35. The van der Waals surface area contributed by atoms with E-state index in [-0.39, 0.29) is 24.9 Å². The molecule has 2 amide bonds. The molecule has 2 heterocycles. The summed E-state index contributed by atoms with van der Waals surface area (Å²) in [4.78, 5) is 28.7. The third-order valence-electron chi connectivity index (χ3n) is 5.44. The van der Waals surface area contributed by atoms with Gasteiger partial charge in [-0.15, -0.1) is 0 Å². The van der Waals surface area contributed by atoms with Crippen LogP contribution in [0.25, 0.3) is 0 Å². The first-order valence-electron chi connectivity index (χ1n) is 10.4. The summed E-state index contributed by atoms with van der Waals surface area (Å²) in [5, 5.41) is 5.17. The molecule has 0 aliphatic carbocycles. The van der Waals surface area contributed by atoms with Crippen LogP contribution >= 0.6 is 0 Å². The lowest BCUT2D eigenvalue weighted by Gasteiger charge is -2.39. The molecular formula is C22H29FN4O5. The van der Waals surface area contributed by atoms with Gasteiger partial charge in [0.1, 0.15) is 11.6 Å². The molecule has 2 aromatic rings. The van der Waals surface area contributed by atoms with Gasteiger partial charge in [-0.25, -0.2) is 4.39 Å². The Kier molecular flexibility index (Phi) is 8.60. The van der Waals surface area contributed by atoms with Crippen molar-refractivity contribution < 1.29 is 27.9 Å². The van der Waals surface area contributed by atoms with Gasteiger partial charge in [-0.3, -0.25) is 14.5 Å². The van der Waals surface area contributed by atoms with E-state index in [0.717, 1.165) is 18.8 Å². The van der Waals surface area contributed by atoms with Crippen LogP contribution in [-0.2, 0) is 19.1 Å². The lowest BCUT2D eigenvalue weighted by molar-refractivity contribution is -0.141. The summed E-state index contributed by atoms with van der Waals surface area (Å²) < 4.78 is 28.8. The molecule has 1 fully saturated rings. The molecule has 1 aromatic heterocycles. The summed E-state index contributed by atoms with van der Waals surface area (Å²) in [6.45, 7) is 3.20. The van der Waals surface area contributed by atoms with Crippen LogP contribution in [0.1, 0.15) is 11.8 Å². The highest BCUT2D eigenvalue weighted by Crippen LogP contribution is 2.24. The Labute approximate surface area is 186 Å².